The summed E-state index contributed by atoms with van der Waals surface area (Å²) in [6.45, 7) is 6.21. The summed E-state index contributed by atoms with van der Waals surface area (Å²) in [6.07, 6.45) is 3.08. The molecule has 1 atom stereocenters. The van der Waals surface area contributed by atoms with Crippen molar-refractivity contribution in [2.24, 2.45) is 0 Å². The lowest BCUT2D eigenvalue weighted by molar-refractivity contribution is 0.190. The monoisotopic (exact) mass is 257 g/mol. The molecule has 2 rings (SSSR count). The third-order valence-corrected chi connectivity index (χ3v) is 2.95. The van der Waals surface area contributed by atoms with Gasteiger partial charge in [0.25, 0.3) is 0 Å². The Morgan fingerprint density at radius 3 is 2.63 bits per heavy atom. The molecule has 0 spiro atoms. The Labute approximate surface area is 113 Å². The lowest BCUT2D eigenvalue weighted by Gasteiger charge is -2.14. The van der Waals surface area contributed by atoms with Crippen molar-refractivity contribution >= 4 is 0 Å². The van der Waals surface area contributed by atoms with E-state index in [9.17, 15) is 5.11 Å². The van der Waals surface area contributed by atoms with E-state index in [-0.39, 0.29) is 0 Å². The summed E-state index contributed by atoms with van der Waals surface area (Å²) < 4.78 is 5.82. The van der Waals surface area contributed by atoms with Crippen LogP contribution in [-0.4, -0.2) is 10.1 Å². The molecule has 0 unspecified atom stereocenters. The van der Waals surface area contributed by atoms with Gasteiger partial charge in [0.1, 0.15) is 12.4 Å². The summed E-state index contributed by atoms with van der Waals surface area (Å²) in [5.74, 6) is 0.733. The highest BCUT2D eigenvalue weighted by atomic mass is 16.5. The van der Waals surface area contributed by atoms with Crippen molar-refractivity contribution in [3.8, 4) is 5.75 Å². The van der Waals surface area contributed by atoms with Gasteiger partial charge in [0.15, 0.2) is 0 Å². The molecule has 3 nitrogen and oxygen atoms in total. The van der Waals surface area contributed by atoms with Gasteiger partial charge in [-0.3, -0.25) is 4.98 Å². The quantitative estimate of drug-likeness (QED) is 0.913. The van der Waals surface area contributed by atoms with E-state index in [1.54, 1.807) is 13.1 Å². The van der Waals surface area contributed by atoms with Crippen molar-refractivity contribution in [1.82, 2.24) is 4.98 Å². The molecule has 1 aromatic carbocycles. The first-order chi connectivity index (χ1) is 9.06. The molecule has 1 N–H and O–H groups in total. The highest BCUT2D eigenvalue weighted by molar-refractivity contribution is 5.38. The lowest BCUT2D eigenvalue weighted by Crippen LogP contribution is -2.02. The molecule has 0 aliphatic rings. The van der Waals surface area contributed by atoms with Crippen molar-refractivity contribution in [2.45, 2.75) is 33.5 Å². The van der Waals surface area contributed by atoms with E-state index in [4.69, 9.17) is 4.74 Å². The van der Waals surface area contributed by atoms with Gasteiger partial charge in [-0.15, -0.1) is 0 Å². The molecular weight excluding hydrogens is 238 g/mol. The van der Waals surface area contributed by atoms with Crippen LogP contribution in [0.3, 0.4) is 0 Å². The van der Waals surface area contributed by atoms with Crippen molar-refractivity contribution in [1.29, 1.82) is 0 Å². The minimum Gasteiger partial charge on any atom is -0.488 e. The fraction of sp³-hybridized carbons (Fsp3) is 0.312. The molecule has 0 saturated carbocycles. The minimum atomic E-state index is -0.536. The molecule has 1 heterocycles. The number of benzene rings is 1. The maximum absolute atomic E-state index is 9.74. The van der Waals surface area contributed by atoms with Crippen LogP contribution in [0.5, 0.6) is 5.75 Å². The van der Waals surface area contributed by atoms with Crippen LogP contribution in [-0.2, 0) is 6.61 Å². The van der Waals surface area contributed by atoms with Gasteiger partial charge in [0.2, 0.25) is 0 Å². The third kappa shape index (κ3) is 3.55. The number of hydrogen-bond acceptors (Lipinski definition) is 3. The van der Waals surface area contributed by atoms with Gasteiger partial charge in [0, 0.05) is 23.5 Å². The zero-order valence-corrected chi connectivity index (χ0v) is 11.6. The van der Waals surface area contributed by atoms with E-state index in [2.05, 4.69) is 4.98 Å². The van der Waals surface area contributed by atoms with Gasteiger partial charge in [-0.2, -0.15) is 0 Å². The second-order valence-corrected chi connectivity index (χ2v) is 4.88. The third-order valence-electron chi connectivity index (χ3n) is 2.95. The fourth-order valence-electron chi connectivity index (χ4n) is 1.97. The van der Waals surface area contributed by atoms with Crippen LogP contribution in [0.15, 0.2) is 36.7 Å². The molecule has 0 fully saturated rings. The molecule has 2 aromatic rings. The Morgan fingerprint density at radius 1 is 1.16 bits per heavy atom. The molecule has 3 heteroatoms. The molecule has 0 amide bonds. The van der Waals surface area contributed by atoms with Crippen molar-refractivity contribution < 1.29 is 9.84 Å². The first kappa shape index (κ1) is 13.6. The van der Waals surface area contributed by atoms with Crippen LogP contribution in [0, 0.1) is 13.8 Å². The van der Waals surface area contributed by atoms with E-state index < -0.39 is 6.10 Å². The normalized spacial score (nSPS) is 12.2. The topological polar surface area (TPSA) is 42.4 Å². The summed E-state index contributed by atoms with van der Waals surface area (Å²) in [7, 11) is 0. The summed E-state index contributed by atoms with van der Waals surface area (Å²) in [5.41, 5.74) is 4.06. The molecule has 0 aliphatic carbocycles. The van der Waals surface area contributed by atoms with Crippen LogP contribution < -0.4 is 4.74 Å². The van der Waals surface area contributed by atoms with Crippen molar-refractivity contribution in [2.75, 3.05) is 0 Å². The Hall–Kier alpha value is -1.87. The molecule has 100 valence electrons. The van der Waals surface area contributed by atoms with Crippen LogP contribution in [0.4, 0.5) is 0 Å². The lowest BCUT2D eigenvalue weighted by atomic mass is 10.1. The van der Waals surface area contributed by atoms with Gasteiger partial charge in [-0.1, -0.05) is 12.1 Å². The number of aryl methyl sites for hydroxylation is 2. The number of pyridine rings is 1. The van der Waals surface area contributed by atoms with E-state index in [1.807, 2.05) is 44.3 Å². The Balaban J connectivity index is 2.17. The summed E-state index contributed by atoms with van der Waals surface area (Å²) in [6, 6.07) is 7.88. The molecular formula is C16H19NO2. The van der Waals surface area contributed by atoms with E-state index in [0.717, 1.165) is 28.0 Å². The second-order valence-electron chi connectivity index (χ2n) is 4.88. The minimum absolute atomic E-state index is 0.456. The smallest absolute Gasteiger partial charge is 0.125 e. The highest BCUT2D eigenvalue weighted by Gasteiger charge is 2.09. The average molecular weight is 257 g/mol. The fourth-order valence-corrected chi connectivity index (χ4v) is 1.97. The Morgan fingerprint density at radius 2 is 1.95 bits per heavy atom. The molecule has 0 bridgehead atoms. The number of rotatable bonds is 4. The maximum atomic E-state index is 9.74. The van der Waals surface area contributed by atoms with Gasteiger partial charge in [-0.05, 0) is 44.0 Å². The zero-order valence-electron chi connectivity index (χ0n) is 11.6. The van der Waals surface area contributed by atoms with Gasteiger partial charge in [0.05, 0.1) is 6.10 Å². The van der Waals surface area contributed by atoms with E-state index in [1.165, 1.54) is 0 Å². The van der Waals surface area contributed by atoms with Crippen LogP contribution >= 0.6 is 0 Å². The number of aliphatic hydroxyl groups is 1. The highest BCUT2D eigenvalue weighted by Crippen LogP contribution is 2.27. The number of nitrogens with zero attached hydrogens (tertiary/aromatic N) is 1. The zero-order chi connectivity index (χ0) is 13.8. The van der Waals surface area contributed by atoms with Gasteiger partial charge in [-0.25, -0.2) is 0 Å². The summed E-state index contributed by atoms with van der Waals surface area (Å²) >= 11 is 0. The Kier molecular flexibility index (Phi) is 4.17. The Bertz CT molecular complexity index is 564. The van der Waals surface area contributed by atoms with Crippen molar-refractivity contribution in [3.63, 3.8) is 0 Å². The number of ether oxygens (including phenoxy) is 1. The summed E-state index contributed by atoms with van der Waals surface area (Å²) in [5, 5.41) is 9.74. The van der Waals surface area contributed by atoms with Crippen LogP contribution in [0.1, 0.15) is 35.3 Å². The molecule has 0 saturated heterocycles. The predicted octanol–water partition coefficient (Wildman–Crippen LogP) is 3.33. The average Bonchev–Trinajstić information content (AvgIpc) is 2.36. The maximum Gasteiger partial charge on any atom is 0.125 e. The van der Waals surface area contributed by atoms with E-state index >= 15 is 0 Å². The number of hydrogen-bond donors (Lipinski definition) is 1. The first-order valence-electron chi connectivity index (χ1n) is 6.38. The molecule has 0 radical (unpaired) electrons. The number of aliphatic hydroxyl groups excluding tert-OH is 1. The molecule has 19 heavy (non-hydrogen) atoms. The standard InChI is InChI=1S/C16H19NO2/c1-11-4-5-15(13(3)18)16(7-11)19-10-14-6-12(2)8-17-9-14/h4-9,13,18H,10H2,1-3H3/t13-/m0/s1. The second kappa shape index (κ2) is 5.85. The summed E-state index contributed by atoms with van der Waals surface area (Å²) in [4.78, 5) is 4.14. The van der Waals surface area contributed by atoms with Gasteiger partial charge < -0.3 is 9.84 Å². The van der Waals surface area contributed by atoms with Crippen LogP contribution in [0.2, 0.25) is 0 Å². The molecule has 0 aliphatic heterocycles. The van der Waals surface area contributed by atoms with Gasteiger partial charge >= 0.3 is 0 Å². The SMILES string of the molecule is Cc1cncc(COc2cc(C)ccc2[C@H](C)O)c1. The molecule has 1 aromatic heterocycles. The number of aromatic nitrogens is 1. The predicted molar refractivity (Wildman–Crippen MR) is 75.1 cm³/mol. The van der Waals surface area contributed by atoms with Crippen molar-refractivity contribution in [3.05, 3.63) is 58.9 Å². The van der Waals surface area contributed by atoms with E-state index in [0.29, 0.717) is 6.61 Å². The largest absolute Gasteiger partial charge is 0.488 e. The first-order valence-corrected chi connectivity index (χ1v) is 6.38. The van der Waals surface area contributed by atoms with Crippen LogP contribution in [0.25, 0.3) is 0 Å².